The molecule has 0 saturated carbocycles. The third-order valence-electron chi connectivity index (χ3n) is 3.72. The normalized spacial score (nSPS) is 19.9. The molecule has 0 spiro atoms. The van der Waals surface area contributed by atoms with Crippen LogP contribution in [-0.4, -0.2) is 49.2 Å². The highest BCUT2D eigenvalue weighted by molar-refractivity contribution is 7.89. The van der Waals surface area contributed by atoms with Crippen LogP contribution in [0.25, 0.3) is 0 Å². The molecule has 0 bridgehead atoms. The number of benzene rings is 1. The quantitative estimate of drug-likeness (QED) is 0.764. The highest BCUT2D eigenvalue weighted by Gasteiger charge is 2.31. The number of ether oxygens (including phenoxy) is 1. The summed E-state index contributed by atoms with van der Waals surface area (Å²) in [6, 6.07) is 9.53. The summed E-state index contributed by atoms with van der Waals surface area (Å²) in [5, 5.41) is 9.02. The van der Waals surface area contributed by atoms with Gasteiger partial charge in [-0.1, -0.05) is 30.3 Å². The van der Waals surface area contributed by atoms with Gasteiger partial charge in [0.1, 0.15) is 0 Å². The van der Waals surface area contributed by atoms with E-state index in [1.165, 1.54) is 4.31 Å². The molecule has 1 heterocycles. The van der Waals surface area contributed by atoms with Crippen LogP contribution in [0.3, 0.4) is 0 Å². The van der Waals surface area contributed by atoms with E-state index in [2.05, 4.69) is 0 Å². The van der Waals surface area contributed by atoms with Crippen LogP contribution in [0.5, 0.6) is 0 Å². The lowest BCUT2D eigenvalue weighted by atomic mass is 10.0. The van der Waals surface area contributed by atoms with E-state index in [1.54, 1.807) is 0 Å². The fourth-order valence-corrected chi connectivity index (χ4v) is 3.86. The lowest BCUT2D eigenvalue weighted by Gasteiger charge is -2.29. The Morgan fingerprint density at radius 1 is 1.32 bits per heavy atom. The first-order chi connectivity index (χ1) is 10.5. The second kappa shape index (κ2) is 7.71. The van der Waals surface area contributed by atoms with Crippen LogP contribution >= 0.6 is 0 Å². The number of nitrogens with zero attached hydrogens (tertiary/aromatic N) is 1. The molecule has 1 aliphatic rings. The minimum Gasteiger partial charge on any atom is -0.481 e. The Morgan fingerprint density at radius 3 is 2.73 bits per heavy atom. The predicted octanol–water partition coefficient (Wildman–Crippen LogP) is 1.33. The minimum absolute atomic E-state index is 0.0658. The van der Waals surface area contributed by atoms with Crippen molar-refractivity contribution in [3.8, 4) is 0 Å². The van der Waals surface area contributed by atoms with Gasteiger partial charge >= 0.3 is 5.97 Å². The van der Waals surface area contributed by atoms with Crippen LogP contribution in [0.15, 0.2) is 30.3 Å². The van der Waals surface area contributed by atoms with Gasteiger partial charge in [-0.25, -0.2) is 12.7 Å². The first kappa shape index (κ1) is 16.9. The molecule has 1 aromatic carbocycles. The predicted molar refractivity (Wildman–Crippen MR) is 81.8 cm³/mol. The molecular formula is C15H21NO5S. The molecule has 122 valence electrons. The fraction of sp³-hybridized carbons (Fsp3) is 0.533. The third kappa shape index (κ3) is 4.79. The molecule has 1 aliphatic heterocycles. The Hall–Kier alpha value is -1.44. The lowest BCUT2D eigenvalue weighted by molar-refractivity contribution is -0.142. The van der Waals surface area contributed by atoms with Gasteiger partial charge in [0.25, 0.3) is 0 Å². The Labute approximate surface area is 130 Å². The average molecular weight is 327 g/mol. The average Bonchev–Trinajstić information content (AvgIpc) is 2.53. The van der Waals surface area contributed by atoms with Gasteiger partial charge in [-0.15, -0.1) is 0 Å². The molecule has 0 radical (unpaired) electrons. The SMILES string of the molecule is O=C(O)C1CCCN(S(=O)(=O)CCOCc2ccccc2)C1. The topological polar surface area (TPSA) is 83.9 Å². The van der Waals surface area contributed by atoms with Crippen LogP contribution in [0.2, 0.25) is 0 Å². The smallest absolute Gasteiger partial charge is 0.307 e. The second-order valence-corrected chi connectivity index (χ2v) is 7.48. The molecule has 6 nitrogen and oxygen atoms in total. The van der Waals surface area contributed by atoms with Crippen molar-refractivity contribution in [3.63, 3.8) is 0 Å². The number of carboxylic acids is 1. The van der Waals surface area contributed by atoms with E-state index in [0.29, 0.717) is 26.0 Å². The maximum absolute atomic E-state index is 12.2. The van der Waals surface area contributed by atoms with Crippen LogP contribution in [0, 0.1) is 5.92 Å². The maximum Gasteiger partial charge on any atom is 0.307 e. The van der Waals surface area contributed by atoms with Gasteiger partial charge in [-0.3, -0.25) is 4.79 Å². The first-order valence-corrected chi connectivity index (χ1v) is 8.92. The van der Waals surface area contributed by atoms with E-state index in [-0.39, 0.29) is 18.9 Å². The molecule has 0 aromatic heterocycles. The zero-order chi connectivity index (χ0) is 16.0. The molecule has 1 N–H and O–H groups in total. The summed E-state index contributed by atoms with van der Waals surface area (Å²) in [5.74, 6) is -1.65. The summed E-state index contributed by atoms with van der Waals surface area (Å²) in [6.07, 6.45) is 1.12. The number of carboxylic acid groups (broad SMARTS) is 1. The standard InChI is InChI=1S/C15H21NO5S/c17-15(18)14-7-4-8-16(11-14)22(19,20)10-9-21-12-13-5-2-1-3-6-13/h1-3,5-6,14H,4,7-12H2,(H,17,18). The van der Waals surface area contributed by atoms with E-state index in [0.717, 1.165) is 5.56 Å². The minimum atomic E-state index is -3.46. The molecule has 7 heteroatoms. The summed E-state index contributed by atoms with van der Waals surface area (Å²) in [5.41, 5.74) is 0.990. The lowest BCUT2D eigenvalue weighted by Crippen LogP contribution is -2.43. The summed E-state index contributed by atoms with van der Waals surface area (Å²) in [4.78, 5) is 11.0. The number of sulfonamides is 1. The first-order valence-electron chi connectivity index (χ1n) is 7.31. The van der Waals surface area contributed by atoms with Gasteiger partial charge in [0.15, 0.2) is 0 Å². The molecule has 1 aromatic rings. The molecule has 0 aliphatic carbocycles. The van der Waals surface area contributed by atoms with E-state index >= 15 is 0 Å². The van der Waals surface area contributed by atoms with Crippen molar-refractivity contribution in [1.82, 2.24) is 4.31 Å². The zero-order valence-corrected chi connectivity index (χ0v) is 13.2. The molecule has 1 unspecified atom stereocenters. The Balaban J connectivity index is 1.79. The van der Waals surface area contributed by atoms with Crippen molar-refractivity contribution in [2.24, 2.45) is 5.92 Å². The van der Waals surface area contributed by atoms with Gasteiger partial charge in [0.05, 0.1) is 24.9 Å². The number of rotatable bonds is 7. The summed E-state index contributed by atoms with van der Waals surface area (Å²) < 4.78 is 31.1. The zero-order valence-electron chi connectivity index (χ0n) is 12.3. The molecule has 0 amide bonds. The molecule has 22 heavy (non-hydrogen) atoms. The van der Waals surface area contributed by atoms with Crippen LogP contribution in [-0.2, 0) is 26.2 Å². The van der Waals surface area contributed by atoms with Crippen molar-refractivity contribution in [2.45, 2.75) is 19.4 Å². The summed E-state index contributed by atoms with van der Waals surface area (Å²) in [7, 11) is -3.46. The fourth-order valence-electron chi connectivity index (χ4n) is 2.45. The van der Waals surface area contributed by atoms with Gasteiger partial charge in [-0.2, -0.15) is 0 Å². The molecule has 1 saturated heterocycles. The Morgan fingerprint density at radius 2 is 2.05 bits per heavy atom. The molecule has 1 atom stereocenters. The van der Waals surface area contributed by atoms with Crippen molar-refractivity contribution in [3.05, 3.63) is 35.9 Å². The van der Waals surface area contributed by atoms with Crippen molar-refractivity contribution >= 4 is 16.0 Å². The largest absolute Gasteiger partial charge is 0.481 e. The number of aliphatic carboxylic acids is 1. The van der Waals surface area contributed by atoms with Crippen molar-refractivity contribution < 1.29 is 23.1 Å². The van der Waals surface area contributed by atoms with Crippen LogP contribution in [0.4, 0.5) is 0 Å². The number of hydrogen-bond donors (Lipinski definition) is 1. The monoisotopic (exact) mass is 327 g/mol. The Bertz CT molecular complexity index is 587. The van der Waals surface area contributed by atoms with E-state index in [9.17, 15) is 13.2 Å². The third-order valence-corrected chi connectivity index (χ3v) is 5.52. The highest BCUT2D eigenvalue weighted by Crippen LogP contribution is 2.19. The van der Waals surface area contributed by atoms with Crippen LogP contribution < -0.4 is 0 Å². The number of carbonyl (C=O) groups is 1. The number of piperidine rings is 1. The van der Waals surface area contributed by atoms with E-state index in [4.69, 9.17) is 9.84 Å². The molecule has 2 rings (SSSR count). The van der Waals surface area contributed by atoms with E-state index < -0.39 is 21.9 Å². The van der Waals surface area contributed by atoms with Crippen LogP contribution in [0.1, 0.15) is 18.4 Å². The van der Waals surface area contributed by atoms with Gasteiger partial charge in [-0.05, 0) is 18.4 Å². The molecular weight excluding hydrogens is 306 g/mol. The van der Waals surface area contributed by atoms with Crippen molar-refractivity contribution in [2.75, 3.05) is 25.4 Å². The van der Waals surface area contributed by atoms with E-state index in [1.807, 2.05) is 30.3 Å². The number of hydrogen-bond acceptors (Lipinski definition) is 4. The summed E-state index contributed by atoms with van der Waals surface area (Å²) >= 11 is 0. The van der Waals surface area contributed by atoms with Gasteiger partial charge in [0, 0.05) is 13.1 Å². The van der Waals surface area contributed by atoms with Gasteiger partial charge < -0.3 is 9.84 Å². The molecule has 1 fully saturated rings. The second-order valence-electron chi connectivity index (χ2n) is 5.39. The maximum atomic E-state index is 12.2. The summed E-state index contributed by atoms with van der Waals surface area (Å²) in [6.45, 7) is 0.931. The van der Waals surface area contributed by atoms with Crippen molar-refractivity contribution in [1.29, 1.82) is 0 Å². The van der Waals surface area contributed by atoms with Gasteiger partial charge in [0.2, 0.25) is 10.0 Å². The highest BCUT2D eigenvalue weighted by atomic mass is 32.2. The Kier molecular flexibility index (Phi) is 5.93.